The zero-order chi connectivity index (χ0) is 14.6. The van der Waals surface area contributed by atoms with Crippen molar-refractivity contribution < 1.29 is 12.8 Å². The number of nitrogens with zero attached hydrogens (tertiary/aromatic N) is 1. The van der Waals surface area contributed by atoms with Crippen LogP contribution in [0.25, 0.3) is 0 Å². The van der Waals surface area contributed by atoms with Gasteiger partial charge in [-0.2, -0.15) is 12.8 Å². The SMILES string of the molecule is CSC(=NS(=O)(=O)c1ccc(F)cc1)c1ccccc1. The van der Waals surface area contributed by atoms with Gasteiger partial charge >= 0.3 is 0 Å². The Hall–Kier alpha value is -1.66. The van der Waals surface area contributed by atoms with Gasteiger partial charge in [-0.1, -0.05) is 30.3 Å². The van der Waals surface area contributed by atoms with Gasteiger partial charge in [0.05, 0.1) is 4.90 Å². The summed E-state index contributed by atoms with van der Waals surface area (Å²) >= 11 is 1.24. The van der Waals surface area contributed by atoms with E-state index in [0.29, 0.717) is 5.04 Å². The van der Waals surface area contributed by atoms with Crippen LogP contribution in [0.2, 0.25) is 0 Å². The minimum Gasteiger partial charge on any atom is -0.207 e. The minimum atomic E-state index is -3.84. The molecule has 0 saturated heterocycles. The predicted molar refractivity (Wildman–Crippen MR) is 80.1 cm³/mol. The Bertz CT molecular complexity index is 711. The van der Waals surface area contributed by atoms with Gasteiger partial charge in [-0.3, -0.25) is 0 Å². The third-order valence-corrected chi connectivity index (χ3v) is 4.65. The van der Waals surface area contributed by atoms with E-state index >= 15 is 0 Å². The van der Waals surface area contributed by atoms with Crippen molar-refractivity contribution in [3.8, 4) is 0 Å². The van der Waals surface area contributed by atoms with Gasteiger partial charge in [-0.05, 0) is 30.5 Å². The maximum atomic E-state index is 12.8. The fraction of sp³-hybridized carbons (Fsp3) is 0.0714. The molecule has 0 radical (unpaired) electrons. The molecule has 104 valence electrons. The molecular weight excluding hydrogens is 297 g/mol. The third-order valence-electron chi connectivity index (χ3n) is 2.53. The van der Waals surface area contributed by atoms with Gasteiger partial charge < -0.3 is 0 Å². The van der Waals surface area contributed by atoms with Crippen LogP contribution >= 0.6 is 11.8 Å². The molecule has 6 heteroatoms. The second kappa shape index (κ2) is 6.19. The van der Waals surface area contributed by atoms with Crippen molar-refractivity contribution >= 4 is 26.8 Å². The molecule has 2 rings (SSSR count). The van der Waals surface area contributed by atoms with Crippen LogP contribution in [0.3, 0.4) is 0 Å². The maximum Gasteiger partial charge on any atom is 0.283 e. The molecular formula is C14H12FNO2S2. The topological polar surface area (TPSA) is 46.5 Å². The van der Waals surface area contributed by atoms with Crippen LogP contribution in [0.15, 0.2) is 63.9 Å². The van der Waals surface area contributed by atoms with Crippen molar-refractivity contribution in [1.29, 1.82) is 0 Å². The highest BCUT2D eigenvalue weighted by molar-refractivity contribution is 8.14. The van der Waals surface area contributed by atoms with E-state index in [2.05, 4.69) is 4.40 Å². The van der Waals surface area contributed by atoms with Crippen molar-refractivity contribution in [3.63, 3.8) is 0 Å². The molecule has 0 fully saturated rings. The van der Waals surface area contributed by atoms with Crippen LogP contribution < -0.4 is 0 Å². The van der Waals surface area contributed by atoms with Gasteiger partial charge in [0.25, 0.3) is 10.0 Å². The third kappa shape index (κ3) is 3.46. The van der Waals surface area contributed by atoms with Gasteiger partial charge in [0.15, 0.2) is 0 Å². The lowest BCUT2D eigenvalue weighted by atomic mass is 10.2. The number of hydrogen-bond donors (Lipinski definition) is 0. The number of benzene rings is 2. The molecule has 0 aliphatic heterocycles. The van der Waals surface area contributed by atoms with E-state index in [0.717, 1.165) is 17.7 Å². The molecule has 2 aromatic rings. The number of halogens is 1. The maximum absolute atomic E-state index is 12.8. The first kappa shape index (κ1) is 14.7. The van der Waals surface area contributed by atoms with Crippen LogP contribution in [-0.2, 0) is 10.0 Å². The quantitative estimate of drug-likeness (QED) is 0.645. The second-order valence-electron chi connectivity index (χ2n) is 3.90. The Labute approximate surface area is 121 Å². The molecule has 0 heterocycles. The first-order valence-corrected chi connectivity index (χ1v) is 8.39. The van der Waals surface area contributed by atoms with Crippen LogP contribution in [0.1, 0.15) is 5.56 Å². The summed E-state index contributed by atoms with van der Waals surface area (Å²) < 4.78 is 41.0. The first-order chi connectivity index (χ1) is 9.53. The number of thioether (sulfide) groups is 1. The Kier molecular flexibility index (Phi) is 4.57. The van der Waals surface area contributed by atoms with Crippen LogP contribution in [-0.4, -0.2) is 19.7 Å². The molecule has 0 saturated carbocycles. The Balaban J connectivity index is 2.43. The normalized spacial score (nSPS) is 12.4. The molecule has 0 aromatic heterocycles. The van der Waals surface area contributed by atoms with Crippen LogP contribution in [0.5, 0.6) is 0 Å². The molecule has 0 bridgehead atoms. The molecule has 0 aliphatic rings. The largest absolute Gasteiger partial charge is 0.283 e. The lowest BCUT2D eigenvalue weighted by Gasteiger charge is -2.04. The van der Waals surface area contributed by atoms with Crippen LogP contribution in [0.4, 0.5) is 4.39 Å². The van der Waals surface area contributed by atoms with Gasteiger partial charge in [-0.15, -0.1) is 11.8 Å². The molecule has 3 nitrogen and oxygen atoms in total. The smallest absolute Gasteiger partial charge is 0.207 e. The zero-order valence-corrected chi connectivity index (χ0v) is 12.3. The van der Waals surface area contributed by atoms with Crippen molar-refractivity contribution in [2.24, 2.45) is 4.40 Å². The summed E-state index contributed by atoms with van der Waals surface area (Å²) in [6.45, 7) is 0. The van der Waals surface area contributed by atoms with Gasteiger partial charge in [-0.25, -0.2) is 4.39 Å². The molecule has 0 unspecified atom stereocenters. The molecule has 0 atom stereocenters. The molecule has 2 aromatic carbocycles. The Morgan fingerprint density at radius 1 is 1.05 bits per heavy atom. The average molecular weight is 309 g/mol. The van der Waals surface area contributed by atoms with E-state index in [9.17, 15) is 12.8 Å². The summed E-state index contributed by atoms with van der Waals surface area (Å²) in [4.78, 5) is -0.0265. The van der Waals surface area contributed by atoms with Gasteiger partial charge in [0.2, 0.25) is 0 Å². The fourth-order valence-electron chi connectivity index (χ4n) is 1.56. The fourth-order valence-corrected chi connectivity index (χ4v) is 3.43. The molecule has 0 N–H and O–H groups in total. The van der Waals surface area contributed by atoms with E-state index in [1.54, 1.807) is 18.4 Å². The summed E-state index contributed by atoms with van der Waals surface area (Å²) in [5.41, 5.74) is 0.727. The van der Waals surface area contributed by atoms with E-state index in [4.69, 9.17) is 0 Å². The number of sulfonamides is 1. The van der Waals surface area contributed by atoms with Gasteiger partial charge in [0, 0.05) is 5.56 Å². The average Bonchev–Trinajstić information content (AvgIpc) is 2.46. The summed E-state index contributed by atoms with van der Waals surface area (Å²) in [6.07, 6.45) is 1.76. The van der Waals surface area contributed by atoms with E-state index < -0.39 is 15.8 Å². The summed E-state index contributed by atoms with van der Waals surface area (Å²) in [5, 5.41) is 0.398. The van der Waals surface area contributed by atoms with E-state index in [1.165, 1.54) is 23.9 Å². The van der Waals surface area contributed by atoms with Gasteiger partial charge in [0.1, 0.15) is 10.9 Å². The van der Waals surface area contributed by atoms with Crippen LogP contribution in [0, 0.1) is 5.82 Å². The summed E-state index contributed by atoms with van der Waals surface area (Å²) in [5.74, 6) is -0.485. The highest BCUT2D eigenvalue weighted by Crippen LogP contribution is 2.18. The Morgan fingerprint density at radius 2 is 1.65 bits per heavy atom. The standard InChI is InChI=1S/C14H12FNO2S2/c1-19-14(11-5-3-2-4-6-11)16-20(17,18)13-9-7-12(15)8-10-13/h2-10H,1H3. The second-order valence-corrected chi connectivity index (χ2v) is 6.29. The Morgan fingerprint density at radius 3 is 2.20 bits per heavy atom. The summed E-state index contributed by atoms with van der Waals surface area (Å²) in [6, 6.07) is 13.7. The zero-order valence-electron chi connectivity index (χ0n) is 10.7. The van der Waals surface area contributed by atoms with Crippen molar-refractivity contribution in [2.75, 3.05) is 6.26 Å². The lowest BCUT2D eigenvalue weighted by Crippen LogP contribution is -2.03. The number of rotatable bonds is 3. The minimum absolute atomic E-state index is 0.0265. The summed E-state index contributed by atoms with van der Waals surface area (Å²) in [7, 11) is -3.84. The van der Waals surface area contributed by atoms with E-state index in [-0.39, 0.29) is 4.90 Å². The molecule has 20 heavy (non-hydrogen) atoms. The van der Waals surface area contributed by atoms with Crippen molar-refractivity contribution in [2.45, 2.75) is 4.90 Å². The number of hydrogen-bond acceptors (Lipinski definition) is 3. The molecule has 0 aliphatic carbocycles. The highest BCUT2D eigenvalue weighted by Gasteiger charge is 2.15. The monoisotopic (exact) mass is 309 g/mol. The molecule has 0 amide bonds. The molecule has 0 spiro atoms. The van der Waals surface area contributed by atoms with Crippen molar-refractivity contribution in [1.82, 2.24) is 0 Å². The predicted octanol–water partition coefficient (Wildman–Crippen LogP) is 3.32. The first-order valence-electron chi connectivity index (χ1n) is 5.73. The lowest BCUT2D eigenvalue weighted by molar-refractivity contribution is 0.596. The van der Waals surface area contributed by atoms with Crippen molar-refractivity contribution in [3.05, 3.63) is 66.0 Å². The van der Waals surface area contributed by atoms with E-state index in [1.807, 2.05) is 18.2 Å². The highest BCUT2D eigenvalue weighted by atomic mass is 32.2.